The largest absolute Gasteiger partial charge is 0.496 e. The molecule has 0 saturated carbocycles. The molecule has 1 aliphatic heterocycles. The van der Waals surface area contributed by atoms with Crippen LogP contribution in [0.5, 0.6) is 5.75 Å². The minimum absolute atomic E-state index is 0.0171. The van der Waals surface area contributed by atoms with Crippen LogP contribution in [0.2, 0.25) is 0 Å². The molecule has 2 heterocycles. The standard InChI is InChI=1S/C32H43N3O6/c1-9-40-22-12-14-34(27(18-22)24-11-10-21(30(36)39-8)17-26(24)33-6)19-25-23-13-15-35(31(37)41-32(3,4)5)29(23)20(2)16-28(25)38-7/h10-11,13,15-17,22,27,33H,9,12,14,18-19H2,1-8H3. The van der Waals surface area contributed by atoms with E-state index in [1.54, 1.807) is 17.9 Å². The molecule has 1 aliphatic rings. The number of aromatic nitrogens is 1. The Morgan fingerprint density at radius 2 is 1.88 bits per heavy atom. The van der Waals surface area contributed by atoms with Gasteiger partial charge in [0.1, 0.15) is 11.4 Å². The molecular weight excluding hydrogens is 522 g/mol. The second-order valence-electron chi connectivity index (χ2n) is 11.4. The molecule has 0 amide bonds. The number of carbonyl (C=O) groups is 2. The molecule has 3 aromatic rings. The van der Waals surface area contributed by atoms with Crippen LogP contribution in [-0.2, 0) is 20.8 Å². The van der Waals surface area contributed by atoms with E-state index in [1.807, 2.05) is 72.0 Å². The van der Waals surface area contributed by atoms with Gasteiger partial charge in [-0.15, -0.1) is 0 Å². The number of nitrogens with one attached hydrogen (secondary N) is 1. The molecule has 9 nitrogen and oxygen atoms in total. The van der Waals surface area contributed by atoms with Crippen molar-refractivity contribution in [1.82, 2.24) is 9.47 Å². The summed E-state index contributed by atoms with van der Waals surface area (Å²) in [6.07, 6.45) is 3.19. The van der Waals surface area contributed by atoms with Gasteiger partial charge in [0, 0.05) is 55.6 Å². The molecule has 1 aromatic heterocycles. The van der Waals surface area contributed by atoms with Gasteiger partial charge in [0.25, 0.3) is 0 Å². The summed E-state index contributed by atoms with van der Waals surface area (Å²) in [5.41, 5.74) is 4.59. The molecule has 2 atom stereocenters. The minimum Gasteiger partial charge on any atom is -0.496 e. The Morgan fingerprint density at radius 1 is 1.12 bits per heavy atom. The van der Waals surface area contributed by atoms with Crippen LogP contribution in [0.15, 0.2) is 36.5 Å². The number of aryl methyl sites for hydroxylation is 1. The molecule has 1 N–H and O–H groups in total. The van der Waals surface area contributed by atoms with Crippen LogP contribution in [0.1, 0.15) is 73.6 Å². The number of methoxy groups -OCH3 is 2. The highest BCUT2D eigenvalue weighted by Crippen LogP contribution is 2.40. The summed E-state index contributed by atoms with van der Waals surface area (Å²) in [5, 5.41) is 4.23. The third-order valence-corrected chi connectivity index (χ3v) is 7.57. The quantitative estimate of drug-likeness (QED) is 0.318. The van der Waals surface area contributed by atoms with Gasteiger partial charge in [-0.3, -0.25) is 9.47 Å². The SMILES string of the molecule is CCOC1CCN(Cc2c(OC)cc(C)c3c2ccn3C(=O)OC(C)(C)C)C(c2ccc(C(=O)OC)cc2NC)C1. The van der Waals surface area contributed by atoms with Crippen LogP contribution < -0.4 is 10.1 Å². The maximum absolute atomic E-state index is 13.1. The number of piperidine rings is 1. The van der Waals surface area contributed by atoms with E-state index >= 15 is 0 Å². The molecule has 222 valence electrons. The van der Waals surface area contributed by atoms with E-state index in [-0.39, 0.29) is 18.1 Å². The van der Waals surface area contributed by atoms with Crippen LogP contribution in [0, 0.1) is 6.92 Å². The second kappa shape index (κ2) is 12.5. The Morgan fingerprint density at radius 3 is 2.51 bits per heavy atom. The van der Waals surface area contributed by atoms with Crippen molar-refractivity contribution in [1.29, 1.82) is 0 Å². The summed E-state index contributed by atoms with van der Waals surface area (Å²) in [5.74, 6) is 0.402. The van der Waals surface area contributed by atoms with Crippen LogP contribution in [0.4, 0.5) is 10.5 Å². The van der Waals surface area contributed by atoms with Crippen molar-refractivity contribution in [3.05, 3.63) is 58.8 Å². The zero-order chi connectivity index (χ0) is 29.9. The first-order valence-corrected chi connectivity index (χ1v) is 14.2. The molecule has 4 rings (SSSR count). The predicted molar refractivity (Wildman–Crippen MR) is 160 cm³/mol. The number of hydrogen-bond donors (Lipinski definition) is 1. The fourth-order valence-corrected chi connectivity index (χ4v) is 5.76. The third-order valence-electron chi connectivity index (χ3n) is 7.57. The van der Waals surface area contributed by atoms with Gasteiger partial charge in [-0.1, -0.05) is 6.07 Å². The zero-order valence-corrected chi connectivity index (χ0v) is 25.5. The van der Waals surface area contributed by atoms with Crippen molar-refractivity contribution < 1.29 is 28.5 Å². The molecule has 2 unspecified atom stereocenters. The Bertz CT molecular complexity index is 1410. The van der Waals surface area contributed by atoms with E-state index in [1.165, 1.54) is 7.11 Å². The van der Waals surface area contributed by atoms with Gasteiger partial charge >= 0.3 is 12.1 Å². The van der Waals surface area contributed by atoms with Gasteiger partial charge in [-0.25, -0.2) is 9.59 Å². The van der Waals surface area contributed by atoms with Crippen molar-refractivity contribution in [2.24, 2.45) is 0 Å². The highest BCUT2D eigenvalue weighted by atomic mass is 16.6. The lowest BCUT2D eigenvalue weighted by Gasteiger charge is -2.40. The van der Waals surface area contributed by atoms with Gasteiger partial charge < -0.3 is 24.3 Å². The van der Waals surface area contributed by atoms with Crippen molar-refractivity contribution in [3.63, 3.8) is 0 Å². The molecule has 0 spiro atoms. The maximum atomic E-state index is 13.1. The van der Waals surface area contributed by atoms with E-state index in [2.05, 4.69) is 10.2 Å². The second-order valence-corrected chi connectivity index (χ2v) is 11.4. The van der Waals surface area contributed by atoms with Gasteiger partial charge in [0.15, 0.2) is 0 Å². The molecule has 2 aromatic carbocycles. The van der Waals surface area contributed by atoms with Gasteiger partial charge in [-0.05, 0) is 82.9 Å². The first-order chi connectivity index (χ1) is 19.5. The summed E-state index contributed by atoms with van der Waals surface area (Å²) in [7, 11) is 4.92. The molecule has 9 heteroatoms. The lowest BCUT2D eigenvalue weighted by Crippen LogP contribution is -2.39. The number of anilines is 1. The number of fused-ring (bicyclic) bond motifs is 1. The zero-order valence-electron chi connectivity index (χ0n) is 25.5. The molecule has 41 heavy (non-hydrogen) atoms. The molecule has 0 bridgehead atoms. The number of esters is 1. The Labute approximate surface area is 242 Å². The maximum Gasteiger partial charge on any atom is 0.419 e. The van der Waals surface area contributed by atoms with Crippen LogP contribution in [-0.4, -0.2) is 67.7 Å². The number of rotatable bonds is 8. The minimum atomic E-state index is -0.608. The monoisotopic (exact) mass is 565 g/mol. The average Bonchev–Trinajstić information content (AvgIpc) is 3.40. The average molecular weight is 566 g/mol. The summed E-state index contributed by atoms with van der Waals surface area (Å²) in [6, 6.07) is 9.64. The summed E-state index contributed by atoms with van der Waals surface area (Å²) in [4.78, 5) is 27.8. The molecule has 1 fully saturated rings. The van der Waals surface area contributed by atoms with Gasteiger partial charge in [-0.2, -0.15) is 0 Å². The van der Waals surface area contributed by atoms with Crippen LogP contribution in [0.3, 0.4) is 0 Å². The van der Waals surface area contributed by atoms with Crippen LogP contribution in [0.25, 0.3) is 10.9 Å². The van der Waals surface area contributed by atoms with Crippen LogP contribution >= 0.6 is 0 Å². The topological polar surface area (TPSA) is 91.3 Å². The van der Waals surface area contributed by atoms with E-state index < -0.39 is 11.7 Å². The first kappa shape index (κ1) is 30.4. The number of benzene rings is 2. The molecular formula is C32H43N3O6. The number of nitrogens with zero attached hydrogens (tertiary/aromatic N) is 2. The molecule has 1 saturated heterocycles. The number of ether oxygens (including phenoxy) is 4. The third kappa shape index (κ3) is 6.52. The normalized spacial score (nSPS) is 17.9. The Balaban J connectivity index is 1.78. The van der Waals surface area contributed by atoms with E-state index in [0.29, 0.717) is 18.7 Å². The molecule has 0 aliphatic carbocycles. The first-order valence-electron chi connectivity index (χ1n) is 14.2. The summed E-state index contributed by atoms with van der Waals surface area (Å²) < 4.78 is 24.2. The fraction of sp³-hybridized carbons (Fsp3) is 0.500. The number of likely N-dealkylation sites (tertiary alicyclic amines) is 1. The van der Waals surface area contributed by atoms with Gasteiger partial charge in [0.05, 0.1) is 31.4 Å². The van der Waals surface area contributed by atoms with E-state index in [0.717, 1.165) is 58.4 Å². The van der Waals surface area contributed by atoms with Gasteiger partial charge in [0.2, 0.25) is 0 Å². The molecule has 0 radical (unpaired) electrons. The van der Waals surface area contributed by atoms with Crippen molar-refractivity contribution in [2.45, 2.75) is 71.8 Å². The highest BCUT2D eigenvalue weighted by molar-refractivity contribution is 5.95. The number of carbonyl (C=O) groups excluding carboxylic acids is 2. The fourth-order valence-electron chi connectivity index (χ4n) is 5.76. The van der Waals surface area contributed by atoms with E-state index in [9.17, 15) is 9.59 Å². The lowest BCUT2D eigenvalue weighted by atomic mass is 9.90. The smallest absolute Gasteiger partial charge is 0.419 e. The van der Waals surface area contributed by atoms with Crippen molar-refractivity contribution in [3.8, 4) is 5.75 Å². The highest BCUT2D eigenvalue weighted by Gasteiger charge is 2.33. The van der Waals surface area contributed by atoms with E-state index in [4.69, 9.17) is 18.9 Å². The number of hydrogen-bond acceptors (Lipinski definition) is 8. The Hall–Kier alpha value is -3.56. The summed E-state index contributed by atoms with van der Waals surface area (Å²) >= 11 is 0. The summed E-state index contributed by atoms with van der Waals surface area (Å²) in [6.45, 7) is 11.7. The van der Waals surface area contributed by atoms with Crippen molar-refractivity contribution in [2.75, 3.05) is 39.7 Å². The lowest BCUT2D eigenvalue weighted by molar-refractivity contribution is -0.0136. The predicted octanol–water partition coefficient (Wildman–Crippen LogP) is 6.31. The Kier molecular flexibility index (Phi) is 9.29. The van der Waals surface area contributed by atoms with Crippen molar-refractivity contribution >= 4 is 28.7 Å².